The summed E-state index contributed by atoms with van der Waals surface area (Å²) < 4.78 is 41.4. The summed E-state index contributed by atoms with van der Waals surface area (Å²) in [5.74, 6) is -0.939. The summed E-state index contributed by atoms with van der Waals surface area (Å²) in [4.78, 5) is 14.8. The molecule has 0 radical (unpaired) electrons. The molecule has 0 bridgehead atoms. The Hall–Kier alpha value is -2.00. The van der Waals surface area contributed by atoms with Crippen molar-refractivity contribution in [3.8, 4) is 0 Å². The fourth-order valence-electron chi connectivity index (χ4n) is 3.45. The van der Waals surface area contributed by atoms with Gasteiger partial charge in [-0.25, -0.2) is 12.8 Å². The number of rotatable bonds is 5. The number of hydrogen-bond donors (Lipinski definition) is 1. The van der Waals surface area contributed by atoms with Crippen LogP contribution in [0.2, 0.25) is 5.02 Å². The van der Waals surface area contributed by atoms with Crippen molar-refractivity contribution < 1.29 is 17.6 Å². The molecule has 162 valence electrons. The van der Waals surface area contributed by atoms with Gasteiger partial charge < -0.3 is 5.32 Å². The highest BCUT2D eigenvalue weighted by atomic mass is 35.5. The molecule has 0 aliphatic carbocycles. The van der Waals surface area contributed by atoms with Crippen LogP contribution in [0.1, 0.15) is 18.1 Å². The summed E-state index contributed by atoms with van der Waals surface area (Å²) in [5.41, 5.74) is 1.62. The number of carbonyl (C=O) groups is 1. The third-order valence-corrected chi connectivity index (χ3v) is 7.62. The van der Waals surface area contributed by atoms with Gasteiger partial charge in [0.05, 0.1) is 16.6 Å². The van der Waals surface area contributed by atoms with Crippen LogP contribution in [0, 0.1) is 19.7 Å². The van der Waals surface area contributed by atoms with Crippen molar-refractivity contribution in [3.63, 3.8) is 0 Å². The Balaban J connectivity index is 1.65. The summed E-state index contributed by atoms with van der Waals surface area (Å²) in [5, 5.41) is 2.88. The van der Waals surface area contributed by atoms with Crippen molar-refractivity contribution in [1.29, 1.82) is 0 Å². The van der Waals surface area contributed by atoms with Gasteiger partial charge in [0.1, 0.15) is 5.82 Å². The zero-order valence-electron chi connectivity index (χ0n) is 17.2. The van der Waals surface area contributed by atoms with E-state index in [4.69, 9.17) is 11.6 Å². The van der Waals surface area contributed by atoms with Gasteiger partial charge in [0, 0.05) is 31.2 Å². The van der Waals surface area contributed by atoms with Gasteiger partial charge in [-0.05, 0) is 56.2 Å². The molecule has 1 N–H and O–H groups in total. The van der Waals surface area contributed by atoms with Crippen molar-refractivity contribution >= 4 is 33.2 Å². The number of nitrogens with one attached hydrogen (secondary N) is 1. The van der Waals surface area contributed by atoms with Crippen LogP contribution < -0.4 is 5.32 Å². The van der Waals surface area contributed by atoms with Crippen LogP contribution in [0.3, 0.4) is 0 Å². The molecule has 1 heterocycles. The van der Waals surface area contributed by atoms with E-state index in [9.17, 15) is 17.6 Å². The first kappa shape index (κ1) is 22.7. The molecule has 1 fully saturated rings. The molecule has 2 aromatic rings. The van der Waals surface area contributed by atoms with Crippen LogP contribution in [0.4, 0.5) is 10.1 Å². The van der Waals surface area contributed by atoms with E-state index < -0.39 is 21.9 Å². The Morgan fingerprint density at radius 2 is 1.77 bits per heavy atom. The Bertz CT molecular complexity index is 1050. The molecule has 0 spiro atoms. The Morgan fingerprint density at radius 3 is 2.43 bits per heavy atom. The van der Waals surface area contributed by atoms with E-state index in [-0.39, 0.29) is 24.7 Å². The Morgan fingerprint density at radius 1 is 1.10 bits per heavy atom. The lowest BCUT2D eigenvalue weighted by atomic mass is 10.2. The molecule has 9 heteroatoms. The molecular weight excluding hydrogens is 429 g/mol. The molecule has 3 rings (SSSR count). The highest BCUT2D eigenvalue weighted by Crippen LogP contribution is 2.24. The van der Waals surface area contributed by atoms with Crippen molar-refractivity contribution in [2.24, 2.45) is 0 Å². The third kappa shape index (κ3) is 4.83. The predicted octanol–water partition coefficient (Wildman–Crippen LogP) is 3.43. The summed E-state index contributed by atoms with van der Waals surface area (Å²) in [6, 6.07) is 8.79. The van der Waals surface area contributed by atoms with Gasteiger partial charge in [-0.2, -0.15) is 4.31 Å². The Kier molecular flexibility index (Phi) is 6.81. The molecule has 6 nitrogen and oxygen atoms in total. The SMILES string of the molecule is Cc1ccc(C)c(S(=O)(=O)N2CCN(C(C)C(=O)Nc3cc(Cl)ccc3F)CC2)c1. The maximum atomic E-state index is 13.9. The lowest BCUT2D eigenvalue weighted by Crippen LogP contribution is -2.54. The van der Waals surface area contributed by atoms with Gasteiger partial charge in [0.2, 0.25) is 15.9 Å². The van der Waals surface area contributed by atoms with E-state index in [0.29, 0.717) is 28.6 Å². The molecule has 0 aromatic heterocycles. The Labute approximate surface area is 181 Å². The van der Waals surface area contributed by atoms with Crippen molar-refractivity contribution in [1.82, 2.24) is 9.21 Å². The molecule has 1 unspecified atom stereocenters. The molecule has 1 aliphatic heterocycles. The topological polar surface area (TPSA) is 69.7 Å². The molecule has 1 aliphatic rings. The maximum absolute atomic E-state index is 13.9. The number of benzene rings is 2. The van der Waals surface area contributed by atoms with Gasteiger partial charge >= 0.3 is 0 Å². The molecule has 1 amide bonds. The second-order valence-corrected chi connectivity index (χ2v) is 9.84. The van der Waals surface area contributed by atoms with Gasteiger partial charge in [-0.3, -0.25) is 9.69 Å². The van der Waals surface area contributed by atoms with E-state index in [1.807, 2.05) is 17.9 Å². The normalized spacial score (nSPS) is 17.0. The number of halogens is 2. The molecule has 30 heavy (non-hydrogen) atoms. The standard InChI is InChI=1S/C21H25ClFN3O3S/c1-14-4-5-15(2)20(12-14)30(28,29)26-10-8-25(9-11-26)16(3)21(27)24-19-13-17(22)6-7-18(19)23/h4-7,12-13,16H,8-11H2,1-3H3,(H,24,27). The monoisotopic (exact) mass is 453 g/mol. The van der Waals surface area contributed by atoms with E-state index in [0.717, 1.165) is 5.56 Å². The number of aryl methyl sites for hydroxylation is 2. The average Bonchev–Trinajstić information content (AvgIpc) is 2.72. The number of carbonyl (C=O) groups excluding carboxylic acids is 1. The van der Waals surface area contributed by atoms with Gasteiger partial charge in [-0.1, -0.05) is 23.7 Å². The lowest BCUT2D eigenvalue weighted by Gasteiger charge is -2.37. The summed E-state index contributed by atoms with van der Waals surface area (Å²) in [7, 11) is -3.60. The van der Waals surface area contributed by atoms with Crippen molar-refractivity contribution in [2.75, 3.05) is 31.5 Å². The average molecular weight is 454 g/mol. The first-order valence-corrected chi connectivity index (χ1v) is 11.5. The summed E-state index contributed by atoms with van der Waals surface area (Å²) in [6.07, 6.45) is 0. The zero-order chi connectivity index (χ0) is 22.1. The van der Waals surface area contributed by atoms with Crippen LogP contribution in [-0.2, 0) is 14.8 Å². The number of nitrogens with zero attached hydrogens (tertiary/aromatic N) is 2. The van der Waals surface area contributed by atoms with Crippen LogP contribution >= 0.6 is 11.6 Å². The highest BCUT2D eigenvalue weighted by Gasteiger charge is 2.32. The molecule has 1 saturated heterocycles. The second-order valence-electron chi connectivity index (χ2n) is 7.50. The van der Waals surface area contributed by atoms with E-state index in [1.165, 1.54) is 22.5 Å². The first-order valence-electron chi connectivity index (χ1n) is 9.67. The number of piperazine rings is 1. The van der Waals surface area contributed by atoms with Crippen molar-refractivity contribution in [3.05, 3.63) is 58.4 Å². The minimum absolute atomic E-state index is 0.0236. The van der Waals surface area contributed by atoms with Gasteiger partial charge in [0.25, 0.3) is 0 Å². The maximum Gasteiger partial charge on any atom is 0.243 e. The van der Waals surface area contributed by atoms with Gasteiger partial charge in [0.15, 0.2) is 0 Å². The van der Waals surface area contributed by atoms with E-state index in [2.05, 4.69) is 5.32 Å². The fourth-order valence-corrected chi connectivity index (χ4v) is 5.36. The molecule has 0 saturated carbocycles. The summed E-state index contributed by atoms with van der Waals surface area (Å²) >= 11 is 5.87. The number of anilines is 1. The quantitative estimate of drug-likeness (QED) is 0.753. The molecule has 1 atom stereocenters. The highest BCUT2D eigenvalue weighted by molar-refractivity contribution is 7.89. The van der Waals surface area contributed by atoms with E-state index >= 15 is 0 Å². The fraction of sp³-hybridized carbons (Fsp3) is 0.381. The van der Waals surface area contributed by atoms with Crippen LogP contribution in [-0.4, -0.2) is 55.8 Å². The number of sulfonamides is 1. The minimum Gasteiger partial charge on any atom is -0.322 e. The lowest BCUT2D eigenvalue weighted by molar-refractivity contribution is -0.121. The zero-order valence-corrected chi connectivity index (χ0v) is 18.7. The smallest absolute Gasteiger partial charge is 0.243 e. The van der Waals surface area contributed by atoms with Crippen molar-refractivity contribution in [2.45, 2.75) is 31.7 Å². The third-order valence-electron chi connectivity index (χ3n) is 5.35. The van der Waals surface area contributed by atoms with Gasteiger partial charge in [-0.15, -0.1) is 0 Å². The van der Waals surface area contributed by atoms with E-state index in [1.54, 1.807) is 26.0 Å². The second kappa shape index (κ2) is 9.01. The minimum atomic E-state index is -3.60. The predicted molar refractivity (Wildman–Crippen MR) is 116 cm³/mol. The number of amides is 1. The summed E-state index contributed by atoms with van der Waals surface area (Å²) in [6.45, 7) is 6.71. The molecule has 2 aromatic carbocycles. The van der Waals surface area contributed by atoms with Crippen LogP contribution in [0.5, 0.6) is 0 Å². The molecular formula is C21H25ClFN3O3S. The van der Waals surface area contributed by atoms with Crippen LogP contribution in [0.25, 0.3) is 0 Å². The first-order chi connectivity index (χ1) is 14.1. The number of hydrogen-bond acceptors (Lipinski definition) is 4. The van der Waals surface area contributed by atoms with Crippen LogP contribution in [0.15, 0.2) is 41.3 Å². The largest absolute Gasteiger partial charge is 0.322 e.